The lowest BCUT2D eigenvalue weighted by atomic mass is 10.2. The zero-order valence-electron chi connectivity index (χ0n) is 11.5. The molecule has 1 saturated heterocycles. The first-order valence-corrected chi connectivity index (χ1v) is 7.88. The third-order valence-electron chi connectivity index (χ3n) is 3.81. The Bertz CT molecular complexity index is 603. The number of hydrogen-bond acceptors (Lipinski definition) is 2. The second kappa shape index (κ2) is 5.92. The number of halogens is 2. The highest BCUT2D eigenvalue weighted by Gasteiger charge is 2.19. The second-order valence-corrected chi connectivity index (χ2v) is 6.33. The number of aryl methyl sites for hydroxylation is 1. The number of para-hydroxylation sites is 1. The average Bonchev–Trinajstić information content (AvgIpc) is 3.03. The van der Waals surface area contributed by atoms with Crippen LogP contribution in [0.15, 0.2) is 18.2 Å². The van der Waals surface area contributed by atoms with Crippen molar-refractivity contribution in [2.75, 3.05) is 6.61 Å². The molecular weight excluding hydrogens is 295 g/mol. The minimum Gasteiger partial charge on any atom is -0.378 e. The van der Waals surface area contributed by atoms with Gasteiger partial charge in [0.2, 0.25) is 0 Å². The third-order valence-corrected chi connectivity index (χ3v) is 4.31. The number of fused-ring (bicyclic) bond motifs is 1. The van der Waals surface area contributed by atoms with E-state index in [0.29, 0.717) is 11.1 Å². The van der Waals surface area contributed by atoms with E-state index in [1.54, 1.807) is 0 Å². The van der Waals surface area contributed by atoms with E-state index >= 15 is 0 Å². The zero-order valence-corrected chi connectivity index (χ0v) is 13.0. The van der Waals surface area contributed by atoms with Gasteiger partial charge in [-0.2, -0.15) is 0 Å². The standard InChI is InChI=1S/C15H18Cl2N2O/c1-10(16)15-18-14-12(17)5-2-6-13(14)19(15)8-7-11-4-3-9-20-11/h2,5-6,10-11H,3-4,7-9H2,1H3. The molecule has 0 amide bonds. The normalized spacial score (nSPS) is 20.6. The van der Waals surface area contributed by atoms with Crippen molar-refractivity contribution in [3.8, 4) is 0 Å². The van der Waals surface area contributed by atoms with Gasteiger partial charge < -0.3 is 9.30 Å². The molecule has 3 nitrogen and oxygen atoms in total. The summed E-state index contributed by atoms with van der Waals surface area (Å²) in [4.78, 5) is 4.62. The molecule has 2 unspecified atom stereocenters. The van der Waals surface area contributed by atoms with Gasteiger partial charge in [-0.3, -0.25) is 0 Å². The van der Waals surface area contributed by atoms with Crippen molar-refractivity contribution in [3.05, 3.63) is 29.0 Å². The minimum atomic E-state index is -0.136. The average molecular weight is 313 g/mol. The van der Waals surface area contributed by atoms with Gasteiger partial charge in [-0.25, -0.2) is 4.98 Å². The van der Waals surface area contributed by atoms with Gasteiger partial charge in [-0.1, -0.05) is 17.7 Å². The van der Waals surface area contributed by atoms with E-state index in [4.69, 9.17) is 27.9 Å². The van der Waals surface area contributed by atoms with Crippen LogP contribution in [0.5, 0.6) is 0 Å². The van der Waals surface area contributed by atoms with Gasteiger partial charge in [0.05, 0.1) is 22.0 Å². The van der Waals surface area contributed by atoms with Crippen LogP contribution in [0.1, 0.15) is 37.4 Å². The first-order valence-electron chi connectivity index (χ1n) is 7.07. The summed E-state index contributed by atoms with van der Waals surface area (Å²) in [6, 6.07) is 5.87. The highest BCUT2D eigenvalue weighted by Crippen LogP contribution is 2.29. The Hall–Kier alpha value is -0.770. The maximum atomic E-state index is 6.27. The molecule has 0 spiro atoms. The number of nitrogens with zero attached hydrogens (tertiary/aromatic N) is 2. The van der Waals surface area contributed by atoms with Crippen molar-refractivity contribution in [1.29, 1.82) is 0 Å². The zero-order chi connectivity index (χ0) is 14.1. The molecule has 20 heavy (non-hydrogen) atoms. The minimum absolute atomic E-state index is 0.136. The topological polar surface area (TPSA) is 27.1 Å². The Morgan fingerprint density at radius 1 is 1.50 bits per heavy atom. The molecule has 2 atom stereocenters. The molecule has 1 fully saturated rings. The molecule has 5 heteroatoms. The van der Waals surface area contributed by atoms with Crippen LogP contribution >= 0.6 is 23.2 Å². The summed E-state index contributed by atoms with van der Waals surface area (Å²) in [5.74, 6) is 0.882. The number of aromatic nitrogens is 2. The maximum Gasteiger partial charge on any atom is 0.127 e. The Morgan fingerprint density at radius 2 is 2.35 bits per heavy atom. The molecule has 2 aromatic rings. The van der Waals surface area contributed by atoms with Crippen LogP contribution in [-0.2, 0) is 11.3 Å². The first-order chi connectivity index (χ1) is 9.66. The summed E-state index contributed by atoms with van der Waals surface area (Å²) < 4.78 is 7.88. The van der Waals surface area contributed by atoms with Crippen molar-refractivity contribution in [2.24, 2.45) is 0 Å². The molecule has 0 bridgehead atoms. The summed E-state index contributed by atoms with van der Waals surface area (Å²) in [5, 5.41) is 0.542. The highest BCUT2D eigenvalue weighted by atomic mass is 35.5. The summed E-state index contributed by atoms with van der Waals surface area (Å²) in [6.07, 6.45) is 3.68. The van der Waals surface area contributed by atoms with E-state index in [0.717, 1.165) is 42.9 Å². The molecule has 0 aliphatic carbocycles. The molecule has 0 saturated carbocycles. The predicted molar refractivity (Wildman–Crippen MR) is 82.6 cm³/mol. The Balaban J connectivity index is 1.94. The fraction of sp³-hybridized carbons (Fsp3) is 0.533. The number of ether oxygens (including phenoxy) is 1. The van der Waals surface area contributed by atoms with E-state index in [2.05, 4.69) is 9.55 Å². The Labute approximate surface area is 128 Å². The number of alkyl halides is 1. The molecule has 3 rings (SSSR count). The second-order valence-electron chi connectivity index (χ2n) is 5.27. The van der Waals surface area contributed by atoms with Crippen molar-refractivity contribution in [2.45, 2.75) is 44.2 Å². The van der Waals surface area contributed by atoms with Crippen LogP contribution in [-0.4, -0.2) is 22.3 Å². The molecule has 0 radical (unpaired) electrons. The summed E-state index contributed by atoms with van der Waals surface area (Å²) in [6.45, 7) is 3.70. The Kier molecular flexibility index (Phi) is 4.20. The summed E-state index contributed by atoms with van der Waals surface area (Å²) in [7, 11) is 0. The maximum absolute atomic E-state index is 6.27. The van der Waals surface area contributed by atoms with Gasteiger partial charge in [-0.15, -0.1) is 11.6 Å². The van der Waals surface area contributed by atoms with Crippen LogP contribution in [0.2, 0.25) is 5.02 Å². The molecule has 1 aliphatic heterocycles. The largest absolute Gasteiger partial charge is 0.378 e. The van der Waals surface area contributed by atoms with E-state index in [-0.39, 0.29) is 5.38 Å². The highest BCUT2D eigenvalue weighted by molar-refractivity contribution is 6.35. The van der Waals surface area contributed by atoms with Crippen molar-refractivity contribution in [3.63, 3.8) is 0 Å². The first kappa shape index (κ1) is 14.2. The van der Waals surface area contributed by atoms with E-state index in [1.807, 2.05) is 25.1 Å². The number of rotatable bonds is 4. The lowest BCUT2D eigenvalue weighted by Gasteiger charge is -2.13. The number of benzene rings is 1. The van der Waals surface area contributed by atoms with E-state index < -0.39 is 0 Å². The molecule has 1 aliphatic rings. The van der Waals surface area contributed by atoms with Crippen LogP contribution in [0.4, 0.5) is 0 Å². The molecule has 1 aromatic heterocycles. The number of hydrogen-bond donors (Lipinski definition) is 0. The monoisotopic (exact) mass is 312 g/mol. The smallest absolute Gasteiger partial charge is 0.127 e. The van der Waals surface area contributed by atoms with Crippen LogP contribution in [0, 0.1) is 0 Å². The summed E-state index contributed by atoms with van der Waals surface area (Å²) >= 11 is 12.5. The van der Waals surface area contributed by atoms with Gasteiger partial charge in [0.25, 0.3) is 0 Å². The van der Waals surface area contributed by atoms with Crippen LogP contribution in [0.3, 0.4) is 0 Å². The quantitative estimate of drug-likeness (QED) is 0.774. The molecular formula is C15H18Cl2N2O. The van der Waals surface area contributed by atoms with Crippen LogP contribution < -0.4 is 0 Å². The van der Waals surface area contributed by atoms with Crippen molar-refractivity contribution >= 4 is 34.2 Å². The summed E-state index contributed by atoms with van der Waals surface area (Å²) in [5.41, 5.74) is 1.89. The third kappa shape index (κ3) is 2.67. The number of imidazole rings is 1. The van der Waals surface area contributed by atoms with Gasteiger partial charge in [0.1, 0.15) is 11.3 Å². The molecule has 108 valence electrons. The molecule has 1 aromatic carbocycles. The van der Waals surface area contributed by atoms with Gasteiger partial charge in [-0.05, 0) is 38.3 Å². The van der Waals surface area contributed by atoms with E-state index in [1.165, 1.54) is 6.42 Å². The lowest BCUT2D eigenvalue weighted by Crippen LogP contribution is -2.12. The Morgan fingerprint density at radius 3 is 3.05 bits per heavy atom. The van der Waals surface area contributed by atoms with Crippen molar-refractivity contribution in [1.82, 2.24) is 9.55 Å². The lowest BCUT2D eigenvalue weighted by molar-refractivity contribution is 0.100. The molecule has 2 heterocycles. The van der Waals surface area contributed by atoms with Gasteiger partial charge >= 0.3 is 0 Å². The van der Waals surface area contributed by atoms with Crippen molar-refractivity contribution < 1.29 is 4.74 Å². The fourth-order valence-corrected chi connectivity index (χ4v) is 3.19. The van der Waals surface area contributed by atoms with Gasteiger partial charge in [0.15, 0.2) is 0 Å². The molecule has 0 N–H and O–H groups in total. The van der Waals surface area contributed by atoms with Gasteiger partial charge in [0, 0.05) is 13.2 Å². The predicted octanol–water partition coefficient (Wildman–Crippen LogP) is 4.56. The fourth-order valence-electron chi connectivity index (χ4n) is 2.81. The SMILES string of the molecule is CC(Cl)c1nc2c(Cl)cccc2n1CCC1CCCO1. The van der Waals surface area contributed by atoms with Crippen LogP contribution in [0.25, 0.3) is 11.0 Å². The van der Waals surface area contributed by atoms with E-state index in [9.17, 15) is 0 Å².